The maximum Gasteiger partial charge on any atom is 0.137 e. The average Bonchev–Trinajstić information content (AvgIpc) is 2.53. The van der Waals surface area contributed by atoms with Gasteiger partial charge < -0.3 is 9.47 Å². The summed E-state index contributed by atoms with van der Waals surface area (Å²) in [5, 5.41) is 1.12. The Morgan fingerprint density at radius 2 is 1.86 bits per heavy atom. The summed E-state index contributed by atoms with van der Waals surface area (Å²) in [5.41, 5.74) is 6.73. The van der Waals surface area contributed by atoms with Crippen molar-refractivity contribution in [3.05, 3.63) is 53.2 Å². The molecule has 0 fully saturated rings. The van der Waals surface area contributed by atoms with Crippen molar-refractivity contribution in [1.82, 2.24) is 4.98 Å². The molecular weight excluding hydrogens is 274 g/mol. The number of aromatic nitrogens is 1. The second-order valence-electron chi connectivity index (χ2n) is 5.73. The van der Waals surface area contributed by atoms with Gasteiger partial charge in [0, 0.05) is 22.2 Å². The lowest BCUT2D eigenvalue weighted by atomic mass is 9.93. The molecule has 0 unspecified atom stereocenters. The van der Waals surface area contributed by atoms with Crippen LogP contribution in [0.15, 0.2) is 36.4 Å². The Balaban J connectivity index is 2.01. The summed E-state index contributed by atoms with van der Waals surface area (Å²) in [5.74, 6) is 1.81. The van der Waals surface area contributed by atoms with Crippen LogP contribution in [0.4, 0.5) is 0 Å². The van der Waals surface area contributed by atoms with Gasteiger partial charge in [0.05, 0.1) is 12.6 Å². The zero-order valence-electron chi connectivity index (χ0n) is 12.9. The smallest absolute Gasteiger partial charge is 0.137 e. The van der Waals surface area contributed by atoms with Crippen LogP contribution < -0.4 is 9.47 Å². The normalized spacial score (nSPS) is 12.5. The van der Waals surface area contributed by atoms with E-state index in [0.29, 0.717) is 6.61 Å². The third-order valence-corrected chi connectivity index (χ3v) is 4.23. The molecule has 0 radical (unpaired) electrons. The van der Waals surface area contributed by atoms with E-state index >= 15 is 0 Å². The van der Waals surface area contributed by atoms with Crippen LogP contribution in [0.25, 0.3) is 22.0 Å². The standard InChI is InChI=1S/C19H17NO2/c1-11-8-12(2)20-17-7-6-16-15-5-4-14(21-3)9-13(15)10-22-19(16)18(11)17/h4-9H,10H2,1-3H3. The second kappa shape index (κ2) is 4.73. The molecule has 0 saturated carbocycles. The van der Waals surface area contributed by atoms with Crippen molar-refractivity contribution in [2.75, 3.05) is 7.11 Å². The van der Waals surface area contributed by atoms with Gasteiger partial charge in [-0.05, 0) is 55.3 Å². The molecule has 1 aromatic heterocycles. The van der Waals surface area contributed by atoms with E-state index in [1.807, 2.05) is 19.1 Å². The van der Waals surface area contributed by atoms with Crippen LogP contribution in [0.2, 0.25) is 0 Å². The molecule has 2 aromatic carbocycles. The number of fused-ring (bicyclic) bond motifs is 5. The first-order valence-corrected chi connectivity index (χ1v) is 7.38. The van der Waals surface area contributed by atoms with E-state index in [9.17, 15) is 0 Å². The highest BCUT2D eigenvalue weighted by Crippen LogP contribution is 2.43. The number of rotatable bonds is 1. The molecule has 110 valence electrons. The summed E-state index contributed by atoms with van der Waals surface area (Å²) < 4.78 is 11.4. The molecule has 0 amide bonds. The maximum atomic E-state index is 6.09. The number of hydrogen-bond acceptors (Lipinski definition) is 3. The van der Waals surface area contributed by atoms with Gasteiger partial charge in [-0.15, -0.1) is 0 Å². The van der Waals surface area contributed by atoms with Crippen LogP contribution in [0.5, 0.6) is 11.5 Å². The van der Waals surface area contributed by atoms with E-state index in [2.05, 4.69) is 36.2 Å². The van der Waals surface area contributed by atoms with Crippen LogP contribution in [0, 0.1) is 13.8 Å². The SMILES string of the molecule is COc1ccc2c(c1)COc1c-2ccc2nc(C)cc(C)c12. The van der Waals surface area contributed by atoms with Crippen molar-refractivity contribution in [1.29, 1.82) is 0 Å². The lowest BCUT2D eigenvalue weighted by Gasteiger charge is -2.23. The lowest BCUT2D eigenvalue weighted by Crippen LogP contribution is -2.07. The Labute approximate surface area is 129 Å². The quantitative estimate of drug-likeness (QED) is 0.665. The molecule has 3 heteroatoms. The molecule has 3 aromatic rings. The monoisotopic (exact) mass is 291 g/mol. The highest BCUT2D eigenvalue weighted by Gasteiger charge is 2.21. The van der Waals surface area contributed by atoms with E-state index < -0.39 is 0 Å². The minimum Gasteiger partial charge on any atom is -0.497 e. The van der Waals surface area contributed by atoms with E-state index in [1.54, 1.807) is 7.11 Å². The first-order valence-electron chi connectivity index (χ1n) is 7.38. The van der Waals surface area contributed by atoms with Crippen LogP contribution in [0.1, 0.15) is 16.8 Å². The molecule has 0 bridgehead atoms. The van der Waals surface area contributed by atoms with Gasteiger partial charge >= 0.3 is 0 Å². The van der Waals surface area contributed by atoms with Crippen LogP contribution in [0.3, 0.4) is 0 Å². The largest absolute Gasteiger partial charge is 0.497 e. The Morgan fingerprint density at radius 1 is 1.05 bits per heavy atom. The summed E-state index contributed by atoms with van der Waals surface area (Å²) in [4.78, 5) is 4.63. The molecule has 1 aliphatic heterocycles. The topological polar surface area (TPSA) is 31.4 Å². The minimum absolute atomic E-state index is 0.561. The first-order chi connectivity index (χ1) is 10.7. The Morgan fingerprint density at radius 3 is 2.68 bits per heavy atom. The van der Waals surface area contributed by atoms with Crippen molar-refractivity contribution < 1.29 is 9.47 Å². The predicted molar refractivity (Wildman–Crippen MR) is 87.5 cm³/mol. The average molecular weight is 291 g/mol. The van der Waals surface area contributed by atoms with Crippen molar-refractivity contribution in [2.24, 2.45) is 0 Å². The van der Waals surface area contributed by atoms with Crippen molar-refractivity contribution in [2.45, 2.75) is 20.5 Å². The maximum absolute atomic E-state index is 6.09. The number of hydrogen-bond donors (Lipinski definition) is 0. The number of methoxy groups -OCH3 is 1. The van der Waals surface area contributed by atoms with Gasteiger partial charge in [-0.3, -0.25) is 4.98 Å². The van der Waals surface area contributed by atoms with E-state index in [1.165, 1.54) is 11.1 Å². The summed E-state index contributed by atoms with van der Waals surface area (Å²) in [6.45, 7) is 4.70. The van der Waals surface area contributed by atoms with E-state index in [0.717, 1.165) is 39.2 Å². The summed E-state index contributed by atoms with van der Waals surface area (Å²) in [6, 6.07) is 12.4. The van der Waals surface area contributed by atoms with Gasteiger partial charge in [0.1, 0.15) is 18.1 Å². The Hall–Kier alpha value is -2.55. The number of benzene rings is 2. The van der Waals surface area contributed by atoms with E-state index in [-0.39, 0.29) is 0 Å². The van der Waals surface area contributed by atoms with Crippen molar-refractivity contribution in [3.63, 3.8) is 0 Å². The van der Waals surface area contributed by atoms with Crippen LogP contribution >= 0.6 is 0 Å². The first kappa shape index (κ1) is 13.1. The minimum atomic E-state index is 0.561. The number of nitrogens with zero attached hydrogens (tertiary/aromatic N) is 1. The zero-order chi connectivity index (χ0) is 15.3. The highest BCUT2D eigenvalue weighted by atomic mass is 16.5. The van der Waals surface area contributed by atoms with Gasteiger partial charge in [0.15, 0.2) is 0 Å². The van der Waals surface area contributed by atoms with Crippen molar-refractivity contribution in [3.8, 4) is 22.6 Å². The van der Waals surface area contributed by atoms with Crippen LogP contribution in [-0.4, -0.2) is 12.1 Å². The molecule has 2 heterocycles. The summed E-state index contributed by atoms with van der Waals surface area (Å²) >= 11 is 0. The van der Waals surface area contributed by atoms with Gasteiger partial charge in [0.2, 0.25) is 0 Å². The molecule has 0 N–H and O–H groups in total. The molecule has 4 rings (SSSR count). The van der Waals surface area contributed by atoms with Gasteiger partial charge in [-0.2, -0.15) is 0 Å². The molecule has 3 nitrogen and oxygen atoms in total. The third-order valence-electron chi connectivity index (χ3n) is 4.23. The summed E-state index contributed by atoms with van der Waals surface area (Å²) in [6.07, 6.45) is 0. The lowest BCUT2D eigenvalue weighted by molar-refractivity contribution is 0.305. The van der Waals surface area contributed by atoms with Gasteiger partial charge in [-0.1, -0.05) is 6.07 Å². The number of ether oxygens (including phenoxy) is 2. The fourth-order valence-corrected chi connectivity index (χ4v) is 3.25. The molecule has 0 spiro atoms. The highest BCUT2D eigenvalue weighted by molar-refractivity contribution is 5.96. The predicted octanol–water partition coefficient (Wildman–Crippen LogP) is 4.42. The van der Waals surface area contributed by atoms with Gasteiger partial charge in [0.25, 0.3) is 0 Å². The Bertz CT molecular complexity index is 900. The van der Waals surface area contributed by atoms with Gasteiger partial charge in [-0.25, -0.2) is 0 Å². The number of pyridine rings is 1. The molecule has 0 atom stereocenters. The molecule has 22 heavy (non-hydrogen) atoms. The number of aryl methyl sites for hydroxylation is 2. The fraction of sp³-hybridized carbons (Fsp3) is 0.211. The van der Waals surface area contributed by atoms with Crippen molar-refractivity contribution >= 4 is 10.9 Å². The fourth-order valence-electron chi connectivity index (χ4n) is 3.25. The molecule has 0 aliphatic carbocycles. The molecular formula is C19H17NO2. The van der Waals surface area contributed by atoms with Crippen LogP contribution in [-0.2, 0) is 6.61 Å². The van der Waals surface area contributed by atoms with E-state index in [4.69, 9.17) is 9.47 Å². The summed E-state index contributed by atoms with van der Waals surface area (Å²) in [7, 11) is 1.68. The third kappa shape index (κ3) is 1.86. The zero-order valence-corrected chi connectivity index (χ0v) is 12.9. The second-order valence-corrected chi connectivity index (χ2v) is 5.73. The molecule has 1 aliphatic rings. The Kier molecular flexibility index (Phi) is 2.83. The molecule has 0 saturated heterocycles.